The molecule has 1 aliphatic rings. The fourth-order valence-corrected chi connectivity index (χ4v) is 1.94. The molecular formula is C11H16O5. The minimum Gasteiger partial charge on any atom is -0.480 e. The van der Waals surface area contributed by atoms with E-state index in [1.807, 2.05) is 0 Å². The van der Waals surface area contributed by atoms with Crippen LogP contribution in [0.1, 0.15) is 33.1 Å². The Morgan fingerprint density at radius 1 is 1.38 bits per heavy atom. The van der Waals surface area contributed by atoms with Crippen LogP contribution in [0.25, 0.3) is 0 Å². The molecule has 0 aromatic heterocycles. The molecule has 0 aromatic rings. The average molecular weight is 228 g/mol. The van der Waals surface area contributed by atoms with Crippen molar-refractivity contribution in [3.05, 3.63) is 0 Å². The first-order chi connectivity index (χ1) is 7.28. The summed E-state index contributed by atoms with van der Waals surface area (Å²) in [5, 5.41) is 9.09. The van der Waals surface area contributed by atoms with Gasteiger partial charge in [-0.15, -0.1) is 0 Å². The van der Waals surface area contributed by atoms with E-state index in [2.05, 4.69) is 4.74 Å². The number of ketones is 1. The summed E-state index contributed by atoms with van der Waals surface area (Å²) >= 11 is 0. The summed E-state index contributed by atoms with van der Waals surface area (Å²) in [6.07, 6.45) is 1.34. The highest BCUT2D eigenvalue weighted by atomic mass is 16.5. The van der Waals surface area contributed by atoms with Gasteiger partial charge >= 0.3 is 11.9 Å². The minimum atomic E-state index is -1.63. The predicted octanol–water partition coefficient (Wildman–Crippen LogP) is 1.01. The molecule has 1 saturated carbocycles. The molecule has 1 unspecified atom stereocenters. The molecule has 0 radical (unpaired) electrons. The highest BCUT2D eigenvalue weighted by molar-refractivity contribution is 5.99. The van der Waals surface area contributed by atoms with Crippen molar-refractivity contribution in [2.45, 2.75) is 33.1 Å². The predicted molar refractivity (Wildman–Crippen MR) is 54.7 cm³/mol. The summed E-state index contributed by atoms with van der Waals surface area (Å²) in [5.74, 6) is -2.09. The van der Waals surface area contributed by atoms with E-state index >= 15 is 0 Å². The number of ether oxygens (including phenoxy) is 1. The van der Waals surface area contributed by atoms with Gasteiger partial charge in [-0.2, -0.15) is 0 Å². The second-order valence-corrected chi connectivity index (χ2v) is 4.64. The van der Waals surface area contributed by atoms with E-state index in [1.165, 1.54) is 13.8 Å². The van der Waals surface area contributed by atoms with Gasteiger partial charge in [-0.05, 0) is 33.1 Å². The van der Waals surface area contributed by atoms with Crippen LogP contribution in [0, 0.1) is 10.8 Å². The van der Waals surface area contributed by atoms with Gasteiger partial charge in [0.2, 0.25) is 0 Å². The molecule has 5 heteroatoms. The van der Waals surface area contributed by atoms with Crippen molar-refractivity contribution in [2.75, 3.05) is 7.11 Å². The van der Waals surface area contributed by atoms with Crippen molar-refractivity contribution in [2.24, 2.45) is 10.8 Å². The number of methoxy groups -OCH3 is 1. The summed E-state index contributed by atoms with van der Waals surface area (Å²) < 4.78 is 4.50. The highest BCUT2D eigenvalue weighted by Gasteiger charge is 2.56. The topological polar surface area (TPSA) is 80.7 Å². The van der Waals surface area contributed by atoms with E-state index in [0.29, 0.717) is 12.8 Å². The van der Waals surface area contributed by atoms with Gasteiger partial charge in [0, 0.05) is 5.41 Å². The first-order valence-electron chi connectivity index (χ1n) is 5.11. The molecule has 1 aliphatic carbocycles. The maximum Gasteiger partial charge on any atom is 0.322 e. The van der Waals surface area contributed by atoms with Crippen molar-refractivity contribution in [1.82, 2.24) is 0 Å². The molecule has 0 bridgehead atoms. The molecule has 0 heterocycles. The smallest absolute Gasteiger partial charge is 0.322 e. The molecule has 0 spiro atoms. The molecule has 0 aromatic carbocycles. The molecule has 16 heavy (non-hydrogen) atoms. The first-order valence-corrected chi connectivity index (χ1v) is 5.11. The quantitative estimate of drug-likeness (QED) is 0.561. The number of carboxylic acid groups (broad SMARTS) is 1. The van der Waals surface area contributed by atoms with Crippen molar-refractivity contribution >= 4 is 17.7 Å². The Morgan fingerprint density at radius 2 is 1.88 bits per heavy atom. The largest absolute Gasteiger partial charge is 0.480 e. The number of aliphatic carboxylic acids is 1. The van der Waals surface area contributed by atoms with Crippen molar-refractivity contribution in [3.63, 3.8) is 0 Å². The van der Waals surface area contributed by atoms with Gasteiger partial charge in [0.1, 0.15) is 5.78 Å². The van der Waals surface area contributed by atoms with Gasteiger partial charge in [-0.25, -0.2) is 0 Å². The van der Waals surface area contributed by atoms with E-state index in [1.54, 1.807) is 0 Å². The molecule has 5 nitrogen and oxygen atoms in total. The monoisotopic (exact) mass is 228 g/mol. The van der Waals surface area contributed by atoms with E-state index in [-0.39, 0.29) is 12.2 Å². The second kappa shape index (κ2) is 3.88. The van der Waals surface area contributed by atoms with Gasteiger partial charge in [-0.3, -0.25) is 14.4 Å². The number of Topliss-reactive ketones (excluding diaryl/α,β-unsaturated/α-hetero) is 1. The lowest BCUT2D eigenvalue weighted by molar-refractivity contribution is -0.167. The Morgan fingerprint density at radius 3 is 2.12 bits per heavy atom. The maximum absolute atomic E-state index is 11.5. The van der Waals surface area contributed by atoms with Crippen LogP contribution in [-0.4, -0.2) is 29.9 Å². The molecule has 0 amide bonds. The van der Waals surface area contributed by atoms with E-state index < -0.39 is 22.8 Å². The van der Waals surface area contributed by atoms with Crippen molar-refractivity contribution < 1.29 is 24.2 Å². The number of esters is 1. The van der Waals surface area contributed by atoms with Crippen LogP contribution < -0.4 is 0 Å². The Hall–Kier alpha value is -1.39. The average Bonchev–Trinajstić information content (AvgIpc) is 2.97. The molecule has 1 N–H and O–H groups in total. The lowest BCUT2D eigenvalue weighted by Crippen LogP contribution is -2.40. The normalized spacial score (nSPS) is 20.7. The molecule has 1 atom stereocenters. The summed E-state index contributed by atoms with van der Waals surface area (Å²) in [4.78, 5) is 34.0. The van der Waals surface area contributed by atoms with Gasteiger partial charge < -0.3 is 9.84 Å². The van der Waals surface area contributed by atoms with Crippen LogP contribution >= 0.6 is 0 Å². The third-order valence-electron chi connectivity index (χ3n) is 3.40. The van der Waals surface area contributed by atoms with Gasteiger partial charge in [0.25, 0.3) is 0 Å². The fraction of sp³-hybridized carbons (Fsp3) is 0.727. The van der Waals surface area contributed by atoms with E-state index in [9.17, 15) is 14.4 Å². The third kappa shape index (κ3) is 1.94. The van der Waals surface area contributed by atoms with Crippen molar-refractivity contribution in [1.29, 1.82) is 0 Å². The van der Waals surface area contributed by atoms with Crippen molar-refractivity contribution in [3.8, 4) is 0 Å². The van der Waals surface area contributed by atoms with E-state index in [0.717, 1.165) is 7.11 Å². The molecule has 0 saturated heterocycles. The molecule has 90 valence electrons. The number of carbonyl (C=O) groups excluding carboxylic acids is 2. The Labute approximate surface area is 93.8 Å². The molecular weight excluding hydrogens is 212 g/mol. The van der Waals surface area contributed by atoms with Gasteiger partial charge in [0.15, 0.2) is 5.41 Å². The van der Waals surface area contributed by atoms with Crippen LogP contribution in [0.5, 0.6) is 0 Å². The first kappa shape index (κ1) is 12.7. The fourth-order valence-electron chi connectivity index (χ4n) is 1.94. The number of carboxylic acids is 1. The standard InChI is InChI=1S/C11H16O5/c1-7(12)11(4-5-11)6-10(2,8(13)14)9(15)16-3/h4-6H2,1-3H3,(H,13,14). The zero-order chi connectivity index (χ0) is 12.6. The van der Waals surface area contributed by atoms with E-state index in [4.69, 9.17) is 5.11 Å². The SMILES string of the molecule is COC(=O)C(C)(CC1(C(C)=O)CC1)C(=O)O. The molecule has 1 rings (SSSR count). The lowest BCUT2D eigenvalue weighted by atomic mass is 9.77. The number of hydrogen-bond donors (Lipinski definition) is 1. The van der Waals surface area contributed by atoms with Crippen LogP contribution in [0.4, 0.5) is 0 Å². The zero-order valence-corrected chi connectivity index (χ0v) is 9.70. The van der Waals surface area contributed by atoms with Gasteiger partial charge in [0.05, 0.1) is 7.11 Å². The number of rotatable bonds is 5. The van der Waals surface area contributed by atoms with Crippen LogP contribution in [0.15, 0.2) is 0 Å². The number of hydrogen-bond acceptors (Lipinski definition) is 4. The Kier molecular flexibility index (Phi) is 3.08. The zero-order valence-electron chi connectivity index (χ0n) is 9.70. The van der Waals surface area contributed by atoms with Crippen LogP contribution in [0.2, 0.25) is 0 Å². The maximum atomic E-state index is 11.5. The lowest BCUT2D eigenvalue weighted by Gasteiger charge is -2.25. The minimum absolute atomic E-state index is 0.0251. The molecule has 1 fully saturated rings. The van der Waals surface area contributed by atoms with Crippen LogP contribution in [-0.2, 0) is 19.1 Å². The summed E-state index contributed by atoms with van der Waals surface area (Å²) in [6, 6.07) is 0. The Balaban J connectivity index is 2.93. The Bertz CT molecular complexity index is 342. The number of carbonyl (C=O) groups is 3. The highest BCUT2D eigenvalue weighted by Crippen LogP contribution is 2.54. The summed E-state index contributed by atoms with van der Waals surface area (Å²) in [6.45, 7) is 2.75. The van der Waals surface area contributed by atoms with Gasteiger partial charge in [-0.1, -0.05) is 0 Å². The molecule has 0 aliphatic heterocycles. The summed E-state index contributed by atoms with van der Waals surface area (Å²) in [5.41, 5.74) is -2.25. The van der Waals surface area contributed by atoms with Crippen LogP contribution in [0.3, 0.4) is 0 Å². The third-order valence-corrected chi connectivity index (χ3v) is 3.40. The second-order valence-electron chi connectivity index (χ2n) is 4.64. The summed E-state index contributed by atoms with van der Waals surface area (Å²) in [7, 11) is 1.15.